The Kier molecular flexibility index (Phi) is 4.48. The van der Waals surface area contributed by atoms with Gasteiger partial charge in [-0.25, -0.2) is 0 Å². The van der Waals surface area contributed by atoms with Gasteiger partial charge >= 0.3 is 0 Å². The number of nitrogens with zero attached hydrogens (tertiary/aromatic N) is 2. The van der Waals surface area contributed by atoms with Gasteiger partial charge in [0, 0.05) is 22.7 Å². The largest absolute Gasteiger partial charge is 0.496 e. The number of nitriles is 1. The van der Waals surface area contributed by atoms with Crippen molar-refractivity contribution in [1.82, 2.24) is 4.90 Å². The van der Waals surface area contributed by atoms with Crippen molar-refractivity contribution in [2.45, 2.75) is 6.92 Å². The molecule has 0 unspecified atom stereocenters. The van der Waals surface area contributed by atoms with Gasteiger partial charge in [0.15, 0.2) is 0 Å². The number of amides is 2. The third-order valence-electron chi connectivity index (χ3n) is 3.44. The highest BCUT2D eigenvalue weighted by molar-refractivity contribution is 9.10. The summed E-state index contributed by atoms with van der Waals surface area (Å²) in [6, 6.07) is 7.25. The minimum absolute atomic E-state index is 0.0256. The predicted octanol–water partition coefficient (Wildman–Crippen LogP) is 2.68. The predicted molar refractivity (Wildman–Crippen MR) is 84.8 cm³/mol. The van der Waals surface area contributed by atoms with Crippen LogP contribution in [0.2, 0.25) is 0 Å². The van der Waals surface area contributed by atoms with E-state index in [9.17, 15) is 9.59 Å². The van der Waals surface area contributed by atoms with Crippen LogP contribution in [0.4, 0.5) is 0 Å². The third-order valence-corrected chi connectivity index (χ3v) is 3.93. The molecule has 6 heteroatoms. The fourth-order valence-corrected chi connectivity index (χ4v) is 2.55. The minimum Gasteiger partial charge on any atom is -0.496 e. The standard InChI is InChI=1S/C16H13BrN2O3/c1-9-12(15(20)19(2)16(21)13(9)8-18)7-10-6-11(17)4-5-14(10)22-3/h4-7H,1-3H3. The number of methoxy groups -OCH3 is 1. The molecule has 1 aliphatic rings. The minimum atomic E-state index is -0.580. The first kappa shape index (κ1) is 16.0. The van der Waals surface area contributed by atoms with Gasteiger partial charge in [0.2, 0.25) is 0 Å². The first-order valence-electron chi connectivity index (χ1n) is 6.39. The lowest BCUT2D eigenvalue weighted by Crippen LogP contribution is -2.39. The van der Waals surface area contributed by atoms with E-state index < -0.39 is 11.8 Å². The first-order chi connectivity index (χ1) is 10.4. The molecule has 5 nitrogen and oxygen atoms in total. The van der Waals surface area contributed by atoms with E-state index in [-0.39, 0.29) is 5.57 Å². The Morgan fingerprint density at radius 2 is 2.00 bits per heavy atom. The Labute approximate surface area is 136 Å². The second kappa shape index (κ2) is 6.16. The maximum absolute atomic E-state index is 12.3. The molecule has 0 saturated carbocycles. The van der Waals surface area contributed by atoms with E-state index in [2.05, 4.69) is 15.9 Å². The van der Waals surface area contributed by atoms with Gasteiger partial charge in [-0.05, 0) is 36.8 Å². The summed E-state index contributed by atoms with van der Waals surface area (Å²) < 4.78 is 6.10. The Morgan fingerprint density at radius 3 is 2.59 bits per heavy atom. The van der Waals surface area contributed by atoms with Crippen molar-refractivity contribution in [2.75, 3.05) is 14.2 Å². The quantitative estimate of drug-likeness (QED) is 0.600. The molecule has 1 aromatic rings. The number of rotatable bonds is 2. The molecular weight excluding hydrogens is 348 g/mol. The molecule has 1 aliphatic heterocycles. The van der Waals surface area contributed by atoms with Crippen LogP contribution in [0, 0.1) is 11.3 Å². The van der Waals surface area contributed by atoms with Gasteiger partial charge in [-0.3, -0.25) is 14.5 Å². The van der Waals surface area contributed by atoms with Crippen LogP contribution in [-0.4, -0.2) is 30.9 Å². The van der Waals surface area contributed by atoms with E-state index >= 15 is 0 Å². The topological polar surface area (TPSA) is 70.4 Å². The van der Waals surface area contributed by atoms with Crippen molar-refractivity contribution in [3.8, 4) is 11.8 Å². The number of hydrogen-bond donors (Lipinski definition) is 0. The number of halogens is 1. The molecule has 0 N–H and O–H groups in total. The van der Waals surface area contributed by atoms with Crippen LogP contribution in [0.15, 0.2) is 39.4 Å². The van der Waals surface area contributed by atoms with Crippen LogP contribution in [0.1, 0.15) is 12.5 Å². The van der Waals surface area contributed by atoms with Crippen molar-refractivity contribution >= 4 is 33.8 Å². The summed E-state index contributed by atoms with van der Waals surface area (Å²) in [5.41, 5.74) is 1.33. The van der Waals surface area contributed by atoms with Crippen molar-refractivity contribution in [2.24, 2.45) is 0 Å². The molecule has 1 aromatic carbocycles. The number of hydrogen-bond acceptors (Lipinski definition) is 4. The number of carbonyl (C=O) groups is 2. The van der Waals surface area contributed by atoms with E-state index in [0.717, 1.165) is 9.37 Å². The molecule has 1 heterocycles. The van der Waals surface area contributed by atoms with Gasteiger partial charge in [0.05, 0.1) is 7.11 Å². The number of benzene rings is 1. The smallest absolute Gasteiger partial charge is 0.271 e. The molecule has 0 atom stereocenters. The van der Waals surface area contributed by atoms with E-state index in [1.54, 1.807) is 25.1 Å². The van der Waals surface area contributed by atoms with E-state index in [1.807, 2.05) is 12.1 Å². The second-order valence-corrected chi connectivity index (χ2v) is 5.64. The summed E-state index contributed by atoms with van der Waals surface area (Å²) in [5, 5.41) is 9.14. The van der Waals surface area contributed by atoms with E-state index in [0.29, 0.717) is 22.5 Å². The Morgan fingerprint density at radius 1 is 1.32 bits per heavy atom. The highest BCUT2D eigenvalue weighted by Gasteiger charge is 2.32. The van der Waals surface area contributed by atoms with Crippen molar-refractivity contribution < 1.29 is 14.3 Å². The lowest BCUT2D eigenvalue weighted by atomic mass is 9.94. The average Bonchev–Trinajstić information content (AvgIpc) is 2.50. The first-order valence-corrected chi connectivity index (χ1v) is 7.19. The van der Waals surface area contributed by atoms with Crippen LogP contribution in [0.3, 0.4) is 0 Å². The zero-order chi connectivity index (χ0) is 16.4. The van der Waals surface area contributed by atoms with Crippen LogP contribution in [0.5, 0.6) is 5.75 Å². The molecule has 0 fully saturated rings. The molecule has 0 spiro atoms. The highest BCUT2D eigenvalue weighted by Crippen LogP contribution is 2.30. The van der Waals surface area contributed by atoms with Crippen LogP contribution in [0.25, 0.3) is 6.08 Å². The van der Waals surface area contributed by atoms with Crippen LogP contribution < -0.4 is 4.74 Å². The number of imide groups is 1. The van der Waals surface area contributed by atoms with Crippen molar-refractivity contribution in [1.29, 1.82) is 5.26 Å². The van der Waals surface area contributed by atoms with Gasteiger partial charge in [0.1, 0.15) is 17.4 Å². The van der Waals surface area contributed by atoms with Gasteiger partial charge < -0.3 is 4.74 Å². The Balaban J connectivity index is 2.67. The fraction of sp³-hybridized carbons (Fsp3) is 0.188. The molecule has 22 heavy (non-hydrogen) atoms. The lowest BCUT2D eigenvalue weighted by Gasteiger charge is -2.23. The number of carbonyl (C=O) groups excluding carboxylic acids is 2. The summed E-state index contributed by atoms with van der Waals surface area (Å²) in [7, 11) is 2.90. The summed E-state index contributed by atoms with van der Waals surface area (Å²) in [5.74, 6) is -0.429. The average molecular weight is 361 g/mol. The molecule has 112 valence electrons. The van der Waals surface area contributed by atoms with Crippen LogP contribution >= 0.6 is 15.9 Å². The molecule has 2 rings (SSSR count). The van der Waals surface area contributed by atoms with Crippen molar-refractivity contribution in [3.63, 3.8) is 0 Å². The number of ether oxygens (including phenoxy) is 1. The zero-order valence-corrected chi connectivity index (χ0v) is 13.9. The molecule has 0 aromatic heterocycles. The van der Waals surface area contributed by atoms with Gasteiger partial charge in [-0.1, -0.05) is 15.9 Å². The zero-order valence-electron chi connectivity index (χ0n) is 12.3. The molecule has 0 aliphatic carbocycles. The molecule has 2 amide bonds. The Bertz CT molecular complexity index is 772. The summed E-state index contributed by atoms with van der Waals surface area (Å²) in [4.78, 5) is 25.2. The van der Waals surface area contributed by atoms with Gasteiger partial charge in [0.25, 0.3) is 11.8 Å². The fourth-order valence-electron chi connectivity index (χ4n) is 2.17. The molecule has 0 saturated heterocycles. The molecule has 0 radical (unpaired) electrons. The maximum Gasteiger partial charge on any atom is 0.271 e. The van der Waals surface area contributed by atoms with Gasteiger partial charge in [-0.15, -0.1) is 0 Å². The third kappa shape index (κ3) is 2.68. The molecule has 0 bridgehead atoms. The number of likely N-dealkylation sites (N-methyl/N-ethyl adjacent to an activating group) is 1. The van der Waals surface area contributed by atoms with Crippen molar-refractivity contribution in [3.05, 3.63) is 45.0 Å². The van der Waals surface area contributed by atoms with Gasteiger partial charge in [-0.2, -0.15) is 5.26 Å². The highest BCUT2D eigenvalue weighted by atomic mass is 79.9. The SMILES string of the molecule is COc1ccc(Br)cc1C=C1C(=O)N(C)C(=O)C(C#N)=C1C. The molecular formula is C16H13BrN2O3. The second-order valence-electron chi connectivity index (χ2n) is 4.73. The summed E-state index contributed by atoms with van der Waals surface area (Å²) in [6.07, 6.45) is 1.63. The normalized spacial score (nSPS) is 17.0. The summed E-state index contributed by atoms with van der Waals surface area (Å²) >= 11 is 3.37. The lowest BCUT2D eigenvalue weighted by molar-refractivity contribution is -0.138. The van der Waals surface area contributed by atoms with Crippen LogP contribution in [-0.2, 0) is 9.59 Å². The van der Waals surface area contributed by atoms with E-state index in [4.69, 9.17) is 10.00 Å². The Hall–Kier alpha value is -2.39. The monoisotopic (exact) mass is 360 g/mol. The maximum atomic E-state index is 12.3. The van der Waals surface area contributed by atoms with E-state index in [1.165, 1.54) is 14.2 Å². The summed E-state index contributed by atoms with van der Waals surface area (Å²) in [6.45, 7) is 1.59.